The monoisotopic (exact) mass is 476 g/mol. The number of amides is 1. The van der Waals surface area contributed by atoms with E-state index in [0.717, 1.165) is 16.8 Å². The number of aromatic nitrogens is 1. The average Bonchev–Trinajstić information content (AvgIpc) is 3.58. The number of carbonyl (C=O) groups excluding carboxylic acids is 2. The lowest BCUT2D eigenvalue weighted by molar-refractivity contribution is -0.124. The van der Waals surface area contributed by atoms with Crippen LogP contribution in [0.15, 0.2) is 84.5 Å². The van der Waals surface area contributed by atoms with Crippen LogP contribution in [0.5, 0.6) is 11.5 Å². The van der Waals surface area contributed by atoms with Crippen LogP contribution < -0.4 is 14.8 Å². The first kappa shape index (κ1) is 23.1. The summed E-state index contributed by atoms with van der Waals surface area (Å²) in [5.74, 6) is 0.474. The molecule has 34 heavy (non-hydrogen) atoms. The number of hydrogen-bond donors (Lipinski definition) is 1. The number of rotatable bonds is 9. The predicted molar refractivity (Wildman–Crippen MR) is 130 cm³/mol. The van der Waals surface area contributed by atoms with Crippen molar-refractivity contribution in [3.8, 4) is 17.2 Å². The molecule has 0 atom stereocenters. The number of hydrogen-bond acceptors (Lipinski definition) is 6. The molecule has 2 aromatic heterocycles. The lowest BCUT2D eigenvalue weighted by Gasteiger charge is -2.20. The van der Waals surface area contributed by atoms with Gasteiger partial charge in [-0.05, 0) is 59.0 Å². The predicted octanol–water partition coefficient (Wildman–Crippen LogP) is 4.62. The summed E-state index contributed by atoms with van der Waals surface area (Å²) < 4.78 is 17.6. The van der Waals surface area contributed by atoms with E-state index in [1.54, 1.807) is 14.2 Å². The van der Waals surface area contributed by atoms with E-state index >= 15 is 0 Å². The molecule has 174 valence electrons. The highest BCUT2D eigenvalue weighted by molar-refractivity contribution is 7.12. The van der Waals surface area contributed by atoms with Crippen LogP contribution in [-0.2, 0) is 9.53 Å². The Bertz CT molecular complexity index is 1180. The van der Waals surface area contributed by atoms with Crippen LogP contribution in [0.1, 0.15) is 26.8 Å². The zero-order valence-electron chi connectivity index (χ0n) is 18.8. The van der Waals surface area contributed by atoms with Crippen LogP contribution in [0.4, 0.5) is 0 Å². The Labute approximate surface area is 201 Å². The van der Waals surface area contributed by atoms with Gasteiger partial charge in [-0.2, -0.15) is 0 Å². The van der Waals surface area contributed by atoms with Gasteiger partial charge in [0.2, 0.25) is 0 Å². The SMILES string of the molecule is COc1ccc(C(NC(=O)COC(=O)c2sccc2-n2cccc2)c2ccc(OC)cc2)cc1. The van der Waals surface area contributed by atoms with Gasteiger partial charge < -0.3 is 24.1 Å². The summed E-state index contributed by atoms with van der Waals surface area (Å²) in [6, 6.07) is 20.0. The fourth-order valence-electron chi connectivity index (χ4n) is 3.50. The highest BCUT2D eigenvalue weighted by Gasteiger charge is 2.20. The molecule has 0 radical (unpaired) electrons. The number of ether oxygens (including phenoxy) is 3. The molecule has 0 aliphatic rings. The third-order valence-corrected chi connectivity index (χ3v) is 6.13. The van der Waals surface area contributed by atoms with Crippen molar-refractivity contribution in [2.45, 2.75) is 6.04 Å². The zero-order chi connectivity index (χ0) is 23.9. The molecule has 0 saturated heterocycles. The maximum atomic E-state index is 12.8. The minimum Gasteiger partial charge on any atom is -0.497 e. The Morgan fingerprint density at radius 2 is 1.44 bits per heavy atom. The standard InChI is InChI=1S/C26H24N2O5S/c1-31-20-9-5-18(6-10-20)24(19-7-11-21(32-2)12-8-19)27-23(29)17-33-26(30)25-22(13-16-34-25)28-14-3-4-15-28/h3-16,24H,17H2,1-2H3,(H,27,29). The first-order chi connectivity index (χ1) is 16.6. The molecule has 0 unspecified atom stereocenters. The van der Waals surface area contributed by atoms with Crippen LogP contribution in [0, 0.1) is 0 Å². The van der Waals surface area contributed by atoms with E-state index < -0.39 is 24.5 Å². The molecule has 1 amide bonds. The first-order valence-electron chi connectivity index (χ1n) is 10.5. The van der Waals surface area contributed by atoms with E-state index in [1.807, 2.05) is 89.1 Å². The molecule has 4 aromatic rings. The second-order valence-corrected chi connectivity index (χ2v) is 8.26. The van der Waals surface area contributed by atoms with Gasteiger partial charge >= 0.3 is 5.97 Å². The summed E-state index contributed by atoms with van der Waals surface area (Å²) >= 11 is 1.27. The number of esters is 1. The Balaban J connectivity index is 1.47. The van der Waals surface area contributed by atoms with Crippen LogP contribution >= 0.6 is 11.3 Å². The number of carbonyl (C=O) groups is 2. The molecule has 0 bridgehead atoms. The summed E-state index contributed by atoms with van der Waals surface area (Å²) in [5, 5.41) is 4.78. The zero-order valence-corrected chi connectivity index (χ0v) is 19.6. The second-order valence-electron chi connectivity index (χ2n) is 7.35. The number of methoxy groups -OCH3 is 2. The van der Waals surface area contributed by atoms with Gasteiger partial charge in [-0.3, -0.25) is 4.79 Å². The Kier molecular flexibility index (Phi) is 7.29. The van der Waals surface area contributed by atoms with E-state index in [2.05, 4.69) is 5.32 Å². The molecule has 0 saturated carbocycles. The van der Waals surface area contributed by atoms with Gasteiger partial charge in [0.1, 0.15) is 16.4 Å². The van der Waals surface area contributed by atoms with Crippen LogP contribution in [0.2, 0.25) is 0 Å². The van der Waals surface area contributed by atoms with Gasteiger partial charge in [0.05, 0.1) is 25.9 Å². The third-order valence-electron chi connectivity index (χ3n) is 5.25. The van der Waals surface area contributed by atoms with E-state index in [9.17, 15) is 9.59 Å². The van der Waals surface area contributed by atoms with E-state index in [-0.39, 0.29) is 0 Å². The van der Waals surface area contributed by atoms with Gasteiger partial charge in [0, 0.05) is 12.4 Å². The van der Waals surface area contributed by atoms with Crippen molar-refractivity contribution >= 4 is 23.2 Å². The summed E-state index contributed by atoms with van der Waals surface area (Å²) in [7, 11) is 3.20. The lowest BCUT2D eigenvalue weighted by Crippen LogP contribution is -2.33. The first-order valence-corrected chi connectivity index (χ1v) is 11.4. The highest BCUT2D eigenvalue weighted by Crippen LogP contribution is 2.26. The number of nitrogens with one attached hydrogen (secondary N) is 1. The molecular weight excluding hydrogens is 452 g/mol. The molecule has 0 spiro atoms. The topological polar surface area (TPSA) is 78.8 Å². The Hall–Kier alpha value is -4.04. The average molecular weight is 477 g/mol. The van der Waals surface area contributed by atoms with Crippen LogP contribution in [-0.4, -0.2) is 37.3 Å². The largest absolute Gasteiger partial charge is 0.497 e. The molecule has 2 heterocycles. The molecule has 0 aliphatic heterocycles. The molecular formula is C26H24N2O5S. The number of nitrogens with zero attached hydrogens (tertiary/aromatic N) is 1. The lowest BCUT2D eigenvalue weighted by atomic mass is 9.98. The van der Waals surface area contributed by atoms with E-state index in [4.69, 9.17) is 14.2 Å². The van der Waals surface area contributed by atoms with Crippen molar-refractivity contribution in [1.82, 2.24) is 9.88 Å². The van der Waals surface area contributed by atoms with Crippen molar-refractivity contribution in [2.24, 2.45) is 0 Å². The number of thiophene rings is 1. The molecule has 7 nitrogen and oxygen atoms in total. The van der Waals surface area contributed by atoms with Crippen LogP contribution in [0.3, 0.4) is 0 Å². The minimum atomic E-state index is -0.542. The van der Waals surface area contributed by atoms with Crippen molar-refractivity contribution in [3.63, 3.8) is 0 Å². The van der Waals surface area contributed by atoms with Crippen molar-refractivity contribution < 1.29 is 23.8 Å². The molecule has 2 aromatic carbocycles. The summed E-state index contributed by atoms with van der Waals surface area (Å²) in [6.07, 6.45) is 3.69. The summed E-state index contributed by atoms with van der Waals surface area (Å²) in [4.78, 5) is 25.9. The summed E-state index contributed by atoms with van der Waals surface area (Å²) in [5.41, 5.74) is 2.44. The quantitative estimate of drug-likeness (QED) is 0.357. The third kappa shape index (κ3) is 5.29. The maximum Gasteiger partial charge on any atom is 0.350 e. The molecule has 4 rings (SSSR count). The van der Waals surface area contributed by atoms with Gasteiger partial charge in [-0.15, -0.1) is 11.3 Å². The number of benzene rings is 2. The Morgan fingerprint density at radius 1 is 0.882 bits per heavy atom. The molecule has 1 N–H and O–H groups in total. The summed E-state index contributed by atoms with van der Waals surface area (Å²) in [6.45, 7) is -0.398. The fourth-order valence-corrected chi connectivity index (χ4v) is 4.29. The van der Waals surface area contributed by atoms with E-state index in [0.29, 0.717) is 16.4 Å². The van der Waals surface area contributed by atoms with Gasteiger partial charge in [-0.25, -0.2) is 4.79 Å². The van der Waals surface area contributed by atoms with Crippen molar-refractivity contribution in [3.05, 3.63) is 101 Å². The maximum absolute atomic E-state index is 12.8. The van der Waals surface area contributed by atoms with Crippen molar-refractivity contribution in [1.29, 1.82) is 0 Å². The fraction of sp³-hybridized carbons (Fsp3) is 0.154. The second kappa shape index (κ2) is 10.7. The Morgan fingerprint density at radius 3 is 1.97 bits per heavy atom. The smallest absolute Gasteiger partial charge is 0.350 e. The normalized spacial score (nSPS) is 10.7. The molecule has 0 fully saturated rings. The highest BCUT2D eigenvalue weighted by atomic mass is 32.1. The minimum absolute atomic E-state index is 0.398. The van der Waals surface area contributed by atoms with Gasteiger partial charge in [0.25, 0.3) is 5.91 Å². The molecule has 0 aliphatic carbocycles. The van der Waals surface area contributed by atoms with E-state index in [1.165, 1.54) is 11.3 Å². The van der Waals surface area contributed by atoms with Gasteiger partial charge in [0.15, 0.2) is 6.61 Å². The molecule has 8 heteroatoms. The van der Waals surface area contributed by atoms with Gasteiger partial charge in [-0.1, -0.05) is 24.3 Å². The van der Waals surface area contributed by atoms with Crippen molar-refractivity contribution in [2.75, 3.05) is 20.8 Å². The van der Waals surface area contributed by atoms with Crippen LogP contribution in [0.25, 0.3) is 5.69 Å².